The van der Waals surface area contributed by atoms with Gasteiger partial charge in [-0.05, 0) is 42.8 Å². The molecule has 2 aromatic heterocycles. The van der Waals surface area contributed by atoms with Crippen LogP contribution < -0.4 is 10.6 Å². The Balaban J connectivity index is 1.43. The number of rotatable bonds is 6. The zero-order valence-corrected chi connectivity index (χ0v) is 17.7. The van der Waals surface area contributed by atoms with Crippen molar-refractivity contribution in [2.45, 2.75) is 35.0 Å². The molecule has 1 aromatic carbocycles. The lowest BCUT2D eigenvalue weighted by molar-refractivity contribution is 0.0924. The molecule has 4 rings (SSSR count). The number of H-pyrrole nitrogens is 1. The van der Waals surface area contributed by atoms with Crippen molar-refractivity contribution in [3.05, 3.63) is 47.4 Å². The van der Waals surface area contributed by atoms with Crippen molar-refractivity contribution in [3.8, 4) is 0 Å². The van der Waals surface area contributed by atoms with Crippen molar-refractivity contribution in [1.29, 1.82) is 0 Å². The summed E-state index contributed by atoms with van der Waals surface area (Å²) in [5, 5.41) is 7.14. The van der Waals surface area contributed by atoms with E-state index in [-0.39, 0.29) is 11.7 Å². The smallest absolute Gasteiger partial charge is 0.325 e. The third kappa shape index (κ3) is 4.98. The number of amides is 2. The molecule has 7 nitrogen and oxygen atoms in total. The number of carbonyl (C=O) groups excluding carboxylic acids is 2. The van der Waals surface area contributed by atoms with Crippen molar-refractivity contribution in [2.75, 3.05) is 10.6 Å². The maximum atomic E-state index is 12.9. The Bertz CT molecular complexity index is 1020. The lowest BCUT2D eigenvalue weighted by Gasteiger charge is -2.14. The van der Waals surface area contributed by atoms with E-state index in [1.165, 1.54) is 23.1 Å². The molecule has 1 aliphatic carbocycles. The fourth-order valence-electron chi connectivity index (χ4n) is 3.25. The SMILES string of the molecule is O=C(Nc1ncc(Sc2ncc[nH]2)s1)Nc1ccc(Cl)cc1C(=O)C1CCCC1. The molecule has 2 heterocycles. The van der Waals surface area contributed by atoms with Crippen LogP contribution in [-0.2, 0) is 0 Å². The summed E-state index contributed by atoms with van der Waals surface area (Å²) < 4.78 is 0.888. The van der Waals surface area contributed by atoms with Crippen LogP contribution in [-0.4, -0.2) is 26.8 Å². The molecule has 1 saturated carbocycles. The summed E-state index contributed by atoms with van der Waals surface area (Å²) in [4.78, 5) is 36.7. The van der Waals surface area contributed by atoms with Gasteiger partial charge in [-0.3, -0.25) is 10.1 Å². The first-order valence-corrected chi connectivity index (χ1v) is 11.1. The van der Waals surface area contributed by atoms with E-state index in [4.69, 9.17) is 11.6 Å². The van der Waals surface area contributed by atoms with Crippen LogP contribution in [0.25, 0.3) is 0 Å². The van der Waals surface area contributed by atoms with Crippen LogP contribution in [0.15, 0.2) is 46.2 Å². The van der Waals surface area contributed by atoms with Crippen molar-refractivity contribution in [2.24, 2.45) is 5.92 Å². The predicted molar refractivity (Wildman–Crippen MR) is 115 cm³/mol. The minimum absolute atomic E-state index is 0.00257. The molecule has 3 N–H and O–H groups in total. The fourth-order valence-corrected chi connectivity index (χ4v) is 5.15. The summed E-state index contributed by atoms with van der Waals surface area (Å²) in [5.74, 6) is 0.0314. The van der Waals surface area contributed by atoms with Crippen molar-refractivity contribution in [3.63, 3.8) is 0 Å². The molecular weight excluding hydrogens is 430 g/mol. The Morgan fingerprint density at radius 2 is 2.03 bits per heavy atom. The summed E-state index contributed by atoms with van der Waals surface area (Å²) in [6, 6.07) is 4.48. The Labute approximate surface area is 180 Å². The molecule has 0 unspecified atom stereocenters. The predicted octanol–water partition coefficient (Wildman–Crippen LogP) is 5.69. The van der Waals surface area contributed by atoms with E-state index < -0.39 is 6.03 Å². The second-order valence-electron chi connectivity index (χ2n) is 6.60. The minimum Gasteiger partial charge on any atom is -0.339 e. The lowest BCUT2D eigenvalue weighted by atomic mass is 9.95. The van der Waals surface area contributed by atoms with Crippen LogP contribution in [0.1, 0.15) is 36.0 Å². The average molecular weight is 448 g/mol. The fraction of sp³-hybridized carbons (Fsp3) is 0.263. The molecule has 150 valence electrons. The standard InChI is InChI=1S/C19H18ClN5O2S2/c20-12-5-6-14(13(9-12)16(26)11-3-1-2-4-11)24-17(27)25-19-23-10-15(29-19)28-18-21-7-8-22-18/h5-11H,1-4H2,(H,21,22)(H2,23,24,25,27). The van der Waals surface area contributed by atoms with E-state index in [0.29, 0.717) is 21.4 Å². The highest BCUT2D eigenvalue weighted by Crippen LogP contribution is 2.33. The first-order chi connectivity index (χ1) is 14.1. The van der Waals surface area contributed by atoms with E-state index in [0.717, 1.165) is 35.0 Å². The van der Waals surface area contributed by atoms with Gasteiger partial charge >= 0.3 is 6.03 Å². The van der Waals surface area contributed by atoms with Gasteiger partial charge < -0.3 is 10.3 Å². The van der Waals surface area contributed by atoms with Gasteiger partial charge in [0.05, 0.1) is 16.1 Å². The molecular formula is C19H18ClN5O2S2. The normalized spacial score (nSPS) is 14.1. The number of thiazole rings is 1. The maximum absolute atomic E-state index is 12.9. The number of aromatic nitrogens is 3. The zero-order chi connectivity index (χ0) is 20.2. The van der Waals surface area contributed by atoms with Crippen molar-refractivity contribution in [1.82, 2.24) is 15.0 Å². The number of anilines is 2. The topological polar surface area (TPSA) is 99.8 Å². The van der Waals surface area contributed by atoms with E-state index in [9.17, 15) is 9.59 Å². The van der Waals surface area contributed by atoms with E-state index >= 15 is 0 Å². The summed E-state index contributed by atoms with van der Waals surface area (Å²) in [5.41, 5.74) is 0.901. The van der Waals surface area contributed by atoms with E-state index in [1.54, 1.807) is 36.8 Å². The largest absolute Gasteiger partial charge is 0.339 e. The highest BCUT2D eigenvalue weighted by Gasteiger charge is 2.26. The van der Waals surface area contributed by atoms with Gasteiger partial charge in [-0.15, -0.1) is 0 Å². The third-order valence-corrected chi connectivity index (χ3v) is 6.76. The Hall–Kier alpha value is -2.36. The van der Waals surface area contributed by atoms with E-state index in [2.05, 4.69) is 25.6 Å². The van der Waals surface area contributed by atoms with Crippen LogP contribution in [0.2, 0.25) is 5.02 Å². The molecule has 2 amide bonds. The number of ketones is 1. The molecule has 0 radical (unpaired) electrons. The van der Waals surface area contributed by atoms with Gasteiger partial charge in [0.2, 0.25) is 0 Å². The number of halogens is 1. The van der Waals surface area contributed by atoms with Gasteiger partial charge in [0.25, 0.3) is 0 Å². The molecule has 0 saturated heterocycles. The van der Waals surface area contributed by atoms with Gasteiger partial charge in [0.15, 0.2) is 16.1 Å². The summed E-state index contributed by atoms with van der Waals surface area (Å²) in [6.45, 7) is 0. The number of carbonyl (C=O) groups is 2. The van der Waals surface area contributed by atoms with Crippen molar-refractivity contribution < 1.29 is 9.59 Å². The zero-order valence-electron chi connectivity index (χ0n) is 15.3. The van der Waals surface area contributed by atoms with Gasteiger partial charge in [-0.1, -0.05) is 35.8 Å². The van der Waals surface area contributed by atoms with Crippen LogP contribution >= 0.6 is 34.7 Å². The maximum Gasteiger partial charge on any atom is 0.325 e. The number of hydrogen-bond acceptors (Lipinski definition) is 6. The number of urea groups is 1. The average Bonchev–Trinajstić information content (AvgIpc) is 3.46. The number of aromatic amines is 1. The molecule has 0 atom stereocenters. The molecule has 29 heavy (non-hydrogen) atoms. The van der Waals surface area contributed by atoms with Gasteiger partial charge in [-0.2, -0.15) is 0 Å². The second kappa shape index (κ2) is 8.98. The van der Waals surface area contributed by atoms with Gasteiger partial charge in [0, 0.05) is 28.9 Å². The highest BCUT2D eigenvalue weighted by atomic mass is 35.5. The molecule has 1 aliphatic rings. The van der Waals surface area contributed by atoms with Gasteiger partial charge in [0.1, 0.15) is 0 Å². The summed E-state index contributed by atoms with van der Waals surface area (Å²) in [7, 11) is 0. The molecule has 1 fully saturated rings. The number of nitrogens with zero attached hydrogens (tertiary/aromatic N) is 2. The molecule has 0 aliphatic heterocycles. The first kappa shape index (κ1) is 19.9. The third-order valence-electron chi connectivity index (χ3n) is 4.60. The number of benzene rings is 1. The molecule has 10 heteroatoms. The Kier molecular flexibility index (Phi) is 6.17. The monoisotopic (exact) mass is 447 g/mol. The lowest BCUT2D eigenvalue weighted by Crippen LogP contribution is -2.22. The van der Waals surface area contributed by atoms with Crippen molar-refractivity contribution >= 4 is 57.3 Å². The Morgan fingerprint density at radius 3 is 2.79 bits per heavy atom. The van der Waals surface area contributed by atoms with Crippen LogP contribution in [0.4, 0.5) is 15.6 Å². The summed E-state index contributed by atoms with van der Waals surface area (Å²) >= 11 is 8.86. The highest BCUT2D eigenvalue weighted by molar-refractivity contribution is 8.01. The van der Waals surface area contributed by atoms with Crippen LogP contribution in [0, 0.1) is 5.92 Å². The van der Waals surface area contributed by atoms with Gasteiger partial charge in [-0.25, -0.2) is 14.8 Å². The minimum atomic E-state index is -0.461. The Morgan fingerprint density at radius 1 is 1.21 bits per heavy atom. The quantitative estimate of drug-likeness (QED) is 0.421. The number of Topliss-reactive ketones (excluding diaryl/α,β-unsaturated/α-hetero) is 1. The first-order valence-electron chi connectivity index (χ1n) is 9.13. The molecule has 0 spiro atoms. The molecule has 3 aromatic rings. The number of nitrogens with one attached hydrogen (secondary N) is 3. The number of imidazole rings is 1. The molecule has 0 bridgehead atoms. The second-order valence-corrected chi connectivity index (χ2v) is 9.35. The van der Waals surface area contributed by atoms with E-state index in [1.807, 2.05) is 0 Å². The number of hydrogen-bond donors (Lipinski definition) is 3. The summed E-state index contributed by atoms with van der Waals surface area (Å²) in [6.07, 6.45) is 8.97. The van der Waals surface area contributed by atoms with Crippen LogP contribution in [0.3, 0.4) is 0 Å². The van der Waals surface area contributed by atoms with Crippen LogP contribution in [0.5, 0.6) is 0 Å².